The van der Waals surface area contributed by atoms with Crippen LogP contribution < -0.4 is 0 Å². The highest BCUT2D eigenvalue weighted by molar-refractivity contribution is 5.70. The number of hydrogen-bond donors (Lipinski definition) is 0. The quantitative estimate of drug-likeness (QED) is 0.603. The van der Waals surface area contributed by atoms with Crippen LogP contribution in [0.1, 0.15) is 60.3 Å². The normalized spacial score (nSPS) is 15.1. The summed E-state index contributed by atoms with van der Waals surface area (Å²) in [6.07, 6.45) is 4.04. The molecule has 0 fully saturated rings. The Morgan fingerprint density at radius 1 is 1.33 bits per heavy atom. The van der Waals surface area contributed by atoms with Gasteiger partial charge in [0.1, 0.15) is 0 Å². The van der Waals surface area contributed by atoms with E-state index in [1.54, 1.807) is 0 Å². The van der Waals surface area contributed by atoms with Crippen LogP contribution in [0.15, 0.2) is 0 Å². The first-order valence-corrected chi connectivity index (χ1v) is 6.12. The second-order valence-corrected chi connectivity index (χ2v) is 4.89. The maximum Gasteiger partial charge on any atom is 0.306 e. The number of carbonyl (C=O) groups excluding carboxylic acids is 1. The summed E-state index contributed by atoms with van der Waals surface area (Å²) in [6.45, 7) is 11.1. The standard InChI is InChI=1S/C13H26O2/c1-6-8-9-13(5,11(3)4)10-12(14)15-7-2/h11H,6-10H2,1-5H3. The molecule has 0 bridgehead atoms. The van der Waals surface area contributed by atoms with Crippen molar-refractivity contribution in [3.63, 3.8) is 0 Å². The van der Waals surface area contributed by atoms with E-state index in [1.807, 2.05) is 6.92 Å². The molecule has 90 valence electrons. The van der Waals surface area contributed by atoms with E-state index in [1.165, 1.54) is 12.8 Å². The molecule has 2 nitrogen and oxygen atoms in total. The highest BCUT2D eigenvalue weighted by Gasteiger charge is 2.30. The molecule has 0 aliphatic heterocycles. The van der Waals surface area contributed by atoms with Crippen LogP contribution in [0.25, 0.3) is 0 Å². The van der Waals surface area contributed by atoms with Crippen molar-refractivity contribution in [2.75, 3.05) is 6.61 Å². The van der Waals surface area contributed by atoms with E-state index < -0.39 is 0 Å². The summed E-state index contributed by atoms with van der Waals surface area (Å²) in [5.74, 6) is 0.471. The first-order valence-electron chi connectivity index (χ1n) is 6.12. The van der Waals surface area contributed by atoms with Crippen molar-refractivity contribution in [3.8, 4) is 0 Å². The summed E-state index contributed by atoms with van der Waals surface area (Å²) >= 11 is 0. The topological polar surface area (TPSA) is 26.3 Å². The van der Waals surface area contributed by atoms with Gasteiger partial charge in [-0.1, -0.05) is 40.5 Å². The van der Waals surface area contributed by atoms with Gasteiger partial charge in [0, 0.05) is 0 Å². The van der Waals surface area contributed by atoms with Crippen molar-refractivity contribution in [1.82, 2.24) is 0 Å². The zero-order valence-corrected chi connectivity index (χ0v) is 10.9. The highest BCUT2D eigenvalue weighted by atomic mass is 16.5. The van der Waals surface area contributed by atoms with Gasteiger partial charge in [0.15, 0.2) is 0 Å². The van der Waals surface area contributed by atoms with Crippen molar-refractivity contribution in [2.24, 2.45) is 11.3 Å². The van der Waals surface area contributed by atoms with E-state index in [4.69, 9.17) is 4.74 Å². The van der Waals surface area contributed by atoms with Crippen LogP contribution in [0, 0.1) is 11.3 Å². The van der Waals surface area contributed by atoms with Gasteiger partial charge in [-0.2, -0.15) is 0 Å². The van der Waals surface area contributed by atoms with Crippen molar-refractivity contribution >= 4 is 5.97 Å². The van der Waals surface area contributed by atoms with Gasteiger partial charge in [0.25, 0.3) is 0 Å². The zero-order valence-electron chi connectivity index (χ0n) is 10.9. The Morgan fingerprint density at radius 2 is 1.93 bits per heavy atom. The molecule has 0 amide bonds. The minimum atomic E-state index is -0.0511. The molecular weight excluding hydrogens is 188 g/mol. The Labute approximate surface area is 94.4 Å². The molecule has 0 radical (unpaired) electrons. The Hall–Kier alpha value is -0.530. The largest absolute Gasteiger partial charge is 0.466 e. The Bertz CT molecular complexity index is 187. The van der Waals surface area contributed by atoms with E-state index in [2.05, 4.69) is 27.7 Å². The fraction of sp³-hybridized carbons (Fsp3) is 0.923. The van der Waals surface area contributed by atoms with Crippen LogP contribution in [-0.2, 0) is 9.53 Å². The van der Waals surface area contributed by atoms with Crippen LogP contribution in [0.4, 0.5) is 0 Å². The summed E-state index contributed by atoms with van der Waals surface area (Å²) in [5.41, 5.74) is 0.0995. The molecule has 1 atom stereocenters. The molecule has 0 aliphatic rings. The lowest BCUT2D eigenvalue weighted by Gasteiger charge is -2.33. The van der Waals surface area contributed by atoms with Gasteiger partial charge in [-0.25, -0.2) is 0 Å². The van der Waals surface area contributed by atoms with E-state index in [-0.39, 0.29) is 11.4 Å². The Balaban J connectivity index is 4.30. The fourth-order valence-corrected chi connectivity index (χ4v) is 1.70. The van der Waals surface area contributed by atoms with Crippen LogP contribution in [-0.4, -0.2) is 12.6 Å². The minimum Gasteiger partial charge on any atom is -0.466 e. The van der Waals surface area contributed by atoms with Crippen LogP contribution in [0.2, 0.25) is 0 Å². The maximum atomic E-state index is 11.5. The maximum absolute atomic E-state index is 11.5. The van der Waals surface area contributed by atoms with Gasteiger partial charge in [0.2, 0.25) is 0 Å². The van der Waals surface area contributed by atoms with Gasteiger partial charge in [-0.15, -0.1) is 0 Å². The molecule has 0 heterocycles. The number of carbonyl (C=O) groups is 1. The second kappa shape index (κ2) is 6.86. The van der Waals surface area contributed by atoms with Gasteiger partial charge in [0.05, 0.1) is 13.0 Å². The van der Waals surface area contributed by atoms with E-state index >= 15 is 0 Å². The molecule has 0 rings (SSSR count). The Kier molecular flexibility index (Phi) is 6.62. The fourth-order valence-electron chi connectivity index (χ4n) is 1.70. The molecule has 0 N–H and O–H groups in total. The molecule has 15 heavy (non-hydrogen) atoms. The summed E-state index contributed by atoms with van der Waals surface area (Å²) in [7, 11) is 0. The van der Waals surface area contributed by atoms with E-state index in [0.29, 0.717) is 18.9 Å². The summed E-state index contributed by atoms with van der Waals surface area (Å²) < 4.78 is 5.03. The van der Waals surface area contributed by atoms with Crippen molar-refractivity contribution in [3.05, 3.63) is 0 Å². The molecule has 0 aliphatic carbocycles. The molecule has 0 aromatic heterocycles. The van der Waals surface area contributed by atoms with Gasteiger partial charge < -0.3 is 4.74 Å². The lowest BCUT2D eigenvalue weighted by molar-refractivity contribution is -0.146. The average Bonchev–Trinajstić information content (AvgIpc) is 2.14. The molecule has 0 saturated carbocycles. The van der Waals surface area contributed by atoms with Crippen molar-refractivity contribution in [2.45, 2.75) is 60.3 Å². The third-order valence-corrected chi connectivity index (χ3v) is 3.35. The lowest BCUT2D eigenvalue weighted by atomic mass is 9.73. The molecule has 2 heteroatoms. The smallest absolute Gasteiger partial charge is 0.306 e. The van der Waals surface area contributed by atoms with Gasteiger partial charge in [-0.05, 0) is 24.7 Å². The summed E-state index contributed by atoms with van der Waals surface area (Å²) in [5, 5.41) is 0. The third kappa shape index (κ3) is 5.19. The molecule has 0 saturated heterocycles. The number of hydrogen-bond acceptors (Lipinski definition) is 2. The number of unbranched alkanes of at least 4 members (excludes halogenated alkanes) is 1. The minimum absolute atomic E-state index is 0.0511. The van der Waals surface area contributed by atoms with Crippen molar-refractivity contribution in [1.29, 1.82) is 0 Å². The van der Waals surface area contributed by atoms with Gasteiger partial charge in [-0.3, -0.25) is 4.79 Å². The first kappa shape index (κ1) is 14.5. The lowest BCUT2D eigenvalue weighted by Crippen LogP contribution is -2.28. The molecular formula is C13H26O2. The average molecular weight is 214 g/mol. The van der Waals surface area contributed by atoms with Crippen LogP contribution in [0.5, 0.6) is 0 Å². The van der Waals surface area contributed by atoms with Crippen LogP contribution >= 0.6 is 0 Å². The van der Waals surface area contributed by atoms with Gasteiger partial charge >= 0.3 is 5.97 Å². The third-order valence-electron chi connectivity index (χ3n) is 3.35. The second-order valence-electron chi connectivity index (χ2n) is 4.89. The molecule has 0 aromatic rings. The monoisotopic (exact) mass is 214 g/mol. The number of ether oxygens (including phenoxy) is 1. The molecule has 0 aromatic carbocycles. The van der Waals surface area contributed by atoms with Crippen LogP contribution in [0.3, 0.4) is 0 Å². The van der Waals surface area contributed by atoms with Crippen molar-refractivity contribution < 1.29 is 9.53 Å². The van der Waals surface area contributed by atoms with E-state index in [9.17, 15) is 4.79 Å². The SMILES string of the molecule is CCCCC(C)(CC(=O)OCC)C(C)C. The number of esters is 1. The highest BCUT2D eigenvalue weighted by Crippen LogP contribution is 2.36. The molecule has 0 spiro atoms. The summed E-state index contributed by atoms with van der Waals surface area (Å²) in [4.78, 5) is 11.5. The molecule has 1 unspecified atom stereocenters. The first-order chi connectivity index (χ1) is 6.96. The summed E-state index contributed by atoms with van der Waals surface area (Å²) in [6, 6.07) is 0. The predicted molar refractivity (Wildman–Crippen MR) is 63.7 cm³/mol. The predicted octanol–water partition coefficient (Wildman–Crippen LogP) is 3.79. The zero-order chi connectivity index (χ0) is 11.9. The Morgan fingerprint density at radius 3 is 2.33 bits per heavy atom. The number of rotatable bonds is 7. The van der Waals surface area contributed by atoms with E-state index in [0.717, 1.165) is 6.42 Å².